The molecule has 2 rings (SSSR count). The molecule has 0 atom stereocenters. The van der Waals surface area contributed by atoms with E-state index in [2.05, 4.69) is 0 Å². The molecule has 0 fully saturated rings. The zero-order chi connectivity index (χ0) is 15.6. The van der Waals surface area contributed by atoms with Crippen LogP contribution >= 0.6 is 0 Å². The summed E-state index contributed by atoms with van der Waals surface area (Å²) in [6.07, 6.45) is 0. The number of hydrogen-bond acceptors (Lipinski definition) is 3. The molecule has 0 saturated carbocycles. The van der Waals surface area contributed by atoms with Crippen molar-refractivity contribution in [1.82, 2.24) is 0 Å². The number of halogens is 2. The summed E-state index contributed by atoms with van der Waals surface area (Å²) in [4.78, 5) is 10.9. The van der Waals surface area contributed by atoms with Gasteiger partial charge in [0.2, 0.25) is 0 Å². The molecular weight excluding hydrogens is 280 g/mol. The normalized spacial score (nSPS) is 10.0. The second kappa shape index (κ2) is 5.59. The average molecular weight is 289 g/mol. The zero-order valence-electron chi connectivity index (χ0n) is 10.9. The van der Waals surface area contributed by atoms with Crippen LogP contribution in [0.1, 0.15) is 15.9 Å². The van der Waals surface area contributed by atoms with Crippen LogP contribution in [0.3, 0.4) is 0 Å². The van der Waals surface area contributed by atoms with Crippen LogP contribution in [0.4, 0.5) is 8.78 Å². The van der Waals surface area contributed by atoms with Gasteiger partial charge in [0.1, 0.15) is 23.5 Å². The molecule has 0 radical (unpaired) electrons. The molecule has 0 unspecified atom stereocenters. The summed E-state index contributed by atoms with van der Waals surface area (Å²) in [5, 5.41) is 17.6. The number of nitriles is 1. The van der Waals surface area contributed by atoms with Crippen molar-refractivity contribution in [3.63, 3.8) is 0 Å². The van der Waals surface area contributed by atoms with E-state index in [1.165, 1.54) is 19.2 Å². The third-order valence-corrected chi connectivity index (χ3v) is 2.90. The van der Waals surface area contributed by atoms with E-state index in [9.17, 15) is 13.6 Å². The fourth-order valence-corrected chi connectivity index (χ4v) is 1.91. The number of carbonyl (C=O) groups is 1. The highest BCUT2D eigenvalue weighted by molar-refractivity contribution is 5.90. The van der Waals surface area contributed by atoms with E-state index in [4.69, 9.17) is 15.1 Å². The van der Waals surface area contributed by atoms with E-state index in [0.29, 0.717) is 0 Å². The van der Waals surface area contributed by atoms with Crippen molar-refractivity contribution < 1.29 is 23.4 Å². The maximum atomic E-state index is 14.1. The molecule has 6 heteroatoms. The third-order valence-electron chi connectivity index (χ3n) is 2.90. The van der Waals surface area contributed by atoms with Gasteiger partial charge in [0.25, 0.3) is 0 Å². The van der Waals surface area contributed by atoms with Crippen molar-refractivity contribution in [2.24, 2.45) is 0 Å². The average Bonchev–Trinajstić information content (AvgIpc) is 2.46. The lowest BCUT2D eigenvalue weighted by Gasteiger charge is -2.11. The monoisotopic (exact) mass is 289 g/mol. The van der Waals surface area contributed by atoms with E-state index < -0.39 is 17.6 Å². The van der Waals surface area contributed by atoms with Gasteiger partial charge in [0, 0.05) is 0 Å². The van der Waals surface area contributed by atoms with Crippen molar-refractivity contribution >= 4 is 5.97 Å². The molecule has 106 valence electrons. The summed E-state index contributed by atoms with van der Waals surface area (Å²) >= 11 is 0. The Kier molecular flexibility index (Phi) is 3.85. The second-order valence-corrected chi connectivity index (χ2v) is 4.15. The molecule has 1 N–H and O–H groups in total. The van der Waals surface area contributed by atoms with Gasteiger partial charge in [-0.2, -0.15) is 5.26 Å². The van der Waals surface area contributed by atoms with Gasteiger partial charge in [-0.15, -0.1) is 0 Å². The van der Waals surface area contributed by atoms with Crippen molar-refractivity contribution in [1.29, 1.82) is 5.26 Å². The third kappa shape index (κ3) is 2.67. The number of carboxylic acid groups (broad SMARTS) is 1. The first kappa shape index (κ1) is 14.5. The molecule has 2 aromatic rings. The quantitative estimate of drug-likeness (QED) is 0.941. The number of methoxy groups -OCH3 is 1. The molecule has 0 aliphatic rings. The molecule has 0 heterocycles. The SMILES string of the molecule is COc1cc(C(=O)O)cc(F)c1-c1ccc(C#N)c(F)c1. The summed E-state index contributed by atoms with van der Waals surface area (Å²) in [5.74, 6) is -2.98. The lowest BCUT2D eigenvalue weighted by molar-refractivity contribution is 0.0696. The minimum Gasteiger partial charge on any atom is -0.496 e. The van der Waals surface area contributed by atoms with Gasteiger partial charge in [0.15, 0.2) is 0 Å². The number of benzene rings is 2. The fraction of sp³-hybridized carbons (Fsp3) is 0.0667. The van der Waals surface area contributed by atoms with Crippen LogP contribution in [0.25, 0.3) is 11.1 Å². The highest BCUT2D eigenvalue weighted by Crippen LogP contribution is 2.34. The van der Waals surface area contributed by atoms with E-state index in [1.54, 1.807) is 6.07 Å². The Morgan fingerprint density at radius 1 is 1.24 bits per heavy atom. The molecule has 0 saturated heterocycles. The number of hydrogen-bond donors (Lipinski definition) is 1. The molecule has 0 bridgehead atoms. The van der Waals surface area contributed by atoms with E-state index in [-0.39, 0.29) is 28.0 Å². The predicted octanol–water partition coefficient (Wildman–Crippen LogP) is 3.21. The van der Waals surface area contributed by atoms with Gasteiger partial charge in [-0.05, 0) is 29.8 Å². The second-order valence-electron chi connectivity index (χ2n) is 4.15. The predicted molar refractivity (Wildman–Crippen MR) is 70.0 cm³/mol. The first-order valence-electron chi connectivity index (χ1n) is 5.78. The Morgan fingerprint density at radius 3 is 2.48 bits per heavy atom. The summed E-state index contributed by atoms with van der Waals surface area (Å²) in [6, 6.07) is 7.22. The minimum atomic E-state index is -1.30. The van der Waals surface area contributed by atoms with Crippen LogP contribution in [0.15, 0.2) is 30.3 Å². The van der Waals surface area contributed by atoms with Crippen molar-refractivity contribution in [2.75, 3.05) is 7.11 Å². The summed E-state index contributed by atoms with van der Waals surface area (Å²) in [6.45, 7) is 0. The Bertz CT molecular complexity index is 766. The van der Waals surface area contributed by atoms with Crippen LogP contribution in [-0.2, 0) is 0 Å². The Morgan fingerprint density at radius 2 is 1.95 bits per heavy atom. The first-order chi connectivity index (χ1) is 9.97. The largest absolute Gasteiger partial charge is 0.496 e. The fourth-order valence-electron chi connectivity index (χ4n) is 1.91. The van der Waals surface area contributed by atoms with Crippen LogP contribution in [0.5, 0.6) is 5.75 Å². The number of aromatic carboxylic acids is 1. The van der Waals surface area contributed by atoms with Crippen molar-refractivity contribution in [2.45, 2.75) is 0 Å². The standard InChI is InChI=1S/C15H9F2NO3/c1-21-13-6-10(15(19)20)5-12(17)14(13)8-2-3-9(7-18)11(16)4-8/h2-6H,1H3,(H,19,20). The van der Waals surface area contributed by atoms with Gasteiger partial charge in [-0.1, -0.05) is 6.07 Å². The number of ether oxygens (including phenoxy) is 1. The van der Waals surface area contributed by atoms with E-state index >= 15 is 0 Å². The zero-order valence-corrected chi connectivity index (χ0v) is 10.9. The molecule has 21 heavy (non-hydrogen) atoms. The van der Waals surface area contributed by atoms with Gasteiger partial charge in [-0.25, -0.2) is 13.6 Å². The minimum absolute atomic E-state index is 0.0310. The number of carboxylic acids is 1. The Balaban J connectivity index is 2.66. The molecule has 0 aromatic heterocycles. The number of rotatable bonds is 3. The summed E-state index contributed by atoms with van der Waals surface area (Å²) in [5.41, 5.74) is -0.355. The molecule has 0 spiro atoms. The van der Waals surface area contributed by atoms with Crippen LogP contribution < -0.4 is 4.74 Å². The Labute approximate surface area is 118 Å². The Hall–Kier alpha value is -2.94. The molecule has 2 aromatic carbocycles. The number of nitrogens with zero attached hydrogens (tertiary/aromatic N) is 1. The van der Waals surface area contributed by atoms with Crippen LogP contribution in [0.2, 0.25) is 0 Å². The topological polar surface area (TPSA) is 70.3 Å². The molecule has 0 aliphatic carbocycles. The maximum Gasteiger partial charge on any atom is 0.335 e. The summed E-state index contributed by atoms with van der Waals surface area (Å²) in [7, 11) is 1.25. The molecule has 4 nitrogen and oxygen atoms in total. The van der Waals surface area contributed by atoms with E-state index in [1.807, 2.05) is 0 Å². The highest BCUT2D eigenvalue weighted by Gasteiger charge is 2.18. The molecular formula is C15H9F2NO3. The van der Waals surface area contributed by atoms with Gasteiger partial charge in [-0.3, -0.25) is 0 Å². The smallest absolute Gasteiger partial charge is 0.335 e. The van der Waals surface area contributed by atoms with E-state index in [0.717, 1.165) is 18.2 Å². The molecule has 0 aliphatic heterocycles. The lowest BCUT2D eigenvalue weighted by atomic mass is 10.00. The highest BCUT2D eigenvalue weighted by atomic mass is 19.1. The van der Waals surface area contributed by atoms with Gasteiger partial charge < -0.3 is 9.84 Å². The van der Waals surface area contributed by atoms with Crippen molar-refractivity contribution in [3.8, 4) is 22.9 Å². The van der Waals surface area contributed by atoms with Crippen LogP contribution in [-0.4, -0.2) is 18.2 Å². The van der Waals surface area contributed by atoms with Gasteiger partial charge in [0.05, 0.1) is 23.8 Å². The maximum absolute atomic E-state index is 14.1. The summed E-state index contributed by atoms with van der Waals surface area (Å²) < 4.78 is 32.7. The first-order valence-corrected chi connectivity index (χ1v) is 5.78. The lowest BCUT2D eigenvalue weighted by Crippen LogP contribution is -2.01. The van der Waals surface area contributed by atoms with Crippen LogP contribution in [0, 0.1) is 23.0 Å². The van der Waals surface area contributed by atoms with Gasteiger partial charge >= 0.3 is 5.97 Å². The molecule has 0 amide bonds. The van der Waals surface area contributed by atoms with Crippen molar-refractivity contribution in [3.05, 3.63) is 53.1 Å².